The van der Waals surface area contributed by atoms with Crippen LogP contribution >= 0.6 is 23.2 Å². The molecule has 0 heterocycles. The number of ether oxygens (including phenoxy) is 1. The number of amides is 2. The largest absolute Gasteiger partial charge is 0.497 e. The third-order valence-corrected chi connectivity index (χ3v) is 4.99. The maximum Gasteiger partial charge on any atom is 0.255 e. The number of methoxy groups -OCH3 is 1. The topological polar surface area (TPSA) is 79.5 Å². The molecule has 0 aliphatic rings. The Balaban J connectivity index is 1.52. The van der Waals surface area contributed by atoms with Crippen LogP contribution in [0.5, 0.6) is 5.75 Å². The smallest absolute Gasteiger partial charge is 0.255 e. The van der Waals surface area contributed by atoms with E-state index in [1.54, 1.807) is 73.8 Å². The Morgan fingerprint density at radius 2 is 1.53 bits per heavy atom. The summed E-state index contributed by atoms with van der Waals surface area (Å²) in [7, 11) is 1.58. The van der Waals surface area contributed by atoms with E-state index in [0.717, 1.165) is 0 Å². The fourth-order valence-electron chi connectivity index (χ4n) is 2.59. The fraction of sp³-hybridized carbons (Fsp3) is 0.0909. The van der Waals surface area contributed by atoms with Gasteiger partial charge in [-0.3, -0.25) is 9.59 Å². The van der Waals surface area contributed by atoms with Gasteiger partial charge < -0.3 is 20.7 Å². The van der Waals surface area contributed by atoms with Gasteiger partial charge in [0.2, 0.25) is 5.91 Å². The Labute approximate surface area is 184 Å². The van der Waals surface area contributed by atoms with Crippen molar-refractivity contribution in [3.8, 4) is 5.75 Å². The normalized spacial score (nSPS) is 10.2. The van der Waals surface area contributed by atoms with Crippen LogP contribution in [0.4, 0.5) is 17.1 Å². The summed E-state index contributed by atoms with van der Waals surface area (Å²) in [5.41, 5.74) is 2.30. The molecule has 0 radical (unpaired) electrons. The van der Waals surface area contributed by atoms with Crippen LogP contribution in [0.2, 0.25) is 10.0 Å². The predicted molar refractivity (Wildman–Crippen MR) is 121 cm³/mol. The van der Waals surface area contributed by atoms with Crippen molar-refractivity contribution in [2.24, 2.45) is 0 Å². The summed E-state index contributed by atoms with van der Waals surface area (Å²) in [6.07, 6.45) is 0. The van der Waals surface area contributed by atoms with E-state index >= 15 is 0 Å². The molecule has 6 nitrogen and oxygen atoms in total. The van der Waals surface area contributed by atoms with Crippen LogP contribution in [0.1, 0.15) is 10.4 Å². The number of carbonyl (C=O) groups excluding carboxylic acids is 2. The van der Waals surface area contributed by atoms with Crippen molar-refractivity contribution in [1.29, 1.82) is 0 Å². The number of benzene rings is 3. The summed E-state index contributed by atoms with van der Waals surface area (Å²) in [6.45, 7) is 0.0280. The van der Waals surface area contributed by atoms with E-state index in [2.05, 4.69) is 16.0 Å². The number of halogens is 2. The SMILES string of the molecule is COc1ccc(NC(=O)c2ccc(NCC(=O)Nc3cccc(Cl)c3Cl)cc2)cc1. The van der Waals surface area contributed by atoms with Crippen LogP contribution in [0.15, 0.2) is 66.7 Å². The van der Waals surface area contributed by atoms with Crippen LogP contribution in [0.3, 0.4) is 0 Å². The zero-order valence-corrected chi connectivity index (χ0v) is 17.6. The molecule has 154 valence electrons. The van der Waals surface area contributed by atoms with Gasteiger partial charge in [-0.15, -0.1) is 0 Å². The third kappa shape index (κ3) is 5.65. The second-order valence-corrected chi connectivity index (χ2v) is 7.05. The van der Waals surface area contributed by atoms with Crippen LogP contribution in [-0.2, 0) is 4.79 Å². The molecule has 3 rings (SSSR count). The highest BCUT2D eigenvalue weighted by molar-refractivity contribution is 6.44. The molecule has 8 heteroatoms. The first kappa shape index (κ1) is 21.5. The van der Waals surface area contributed by atoms with E-state index in [0.29, 0.717) is 38.4 Å². The average molecular weight is 444 g/mol. The van der Waals surface area contributed by atoms with Crippen molar-refractivity contribution in [1.82, 2.24) is 0 Å². The highest BCUT2D eigenvalue weighted by Gasteiger charge is 2.09. The van der Waals surface area contributed by atoms with Gasteiger partial charge in [-0.05, 0) is 60.7 Å². The molecule has 30 heavy (non-hydrogen) atoms. The molecule has 2 amide bonds. The first-order valence-corrected chi connectivity index (χ1v) is 9.75. The van der Waals surface area contributed by atoms with Gasteiger partial charge in [0.25, 0.3) is 5.91 Å². The standard InChI is InChI=1S/C22H19Cl2N3O3/c1-30-17-11-9-16(10-12-17)26-22(29)14-5-7-15(8-6-14)25-13-20(28)27-19-4-2-3-18(23)21(19)24/h2-12,25H,13H2,1H3,(H,26,29)(H,27,28). The molecule has 0 saturated carbocycles. The molecular weight excluding hydrogens is 425 g/mol. The second-order valence-electron chi connectivity index (χ2n) is 6.26. The van der Waals surface area contributed by atoms with Gasteiger partial charge in [0, 0.05) is 16.9 Å². The molecule has 3 aromatic rings. The molecular formula is C22H19Cl2N3O3. The average Bonchev–Trinajstić information content (AvgIpc) is 2.76. The molecule has 0 spiro atoms. The van der Waals surface area contributed by atoms with E-state index in [9.17, 15) is 9.59 Å². The zero-order chi connectivity index (χ0) is 21.5. The Morgan fingerprint density at radius 3 is 2.20 bits per heavy atom. The van der Waals surface area contributed by atoms with Crippen LogP contribution in [0, 0.1) is 0 Å². The number of hydrogen-bond donors (Lipinski definition) is 3. The maximum atomic E-state index is 12.4. The van der Waals surface area contributed by atoms with E-state index in [1.165, 1.54) is 0 Å². The lowest BCUT2D eigenvalue weighted by atomic mass is 10.2. The van der Waals surface area contributed by atoms with Gasteiger partial charge in [0.15, 0.2) is 0 Å². The van der Waals surface area contributed by atoms with Gasteiger partial charge in [-0.1, -0.05) is 29.3 Å². The van der Waals surface area contributed by atoms with Gasteiger partial charge in [0.05, 0.1) is 29.4 Å². The summed E-state index contributed by atoms with van der Waals surface area (Å²) in [5.74, 6) is 0.200. The molecule has 0 aliphatic carbocycles. The van der Waals surface area contributed by atoms with E-state index in [4.69, 9.17) is 27.9 Å². The molecule has 3 N–H and O–H groups in total. The van der Waals surface area contributed by atoms with Crippen molar-refractivity contribution in [3.63, 3.8) is 0 Å². The number of rotatable bonds is 7. The van der Waals surface area contributed by atoms with Gasteiger partial charge in [0.1, 0.15) is 5.75 Å². The van der Waals surface area contributed by atoms with Crippen molar-refractivity contribution in [2.75, 3.05) is 29.6 Å². The summed E-state index contributed by atoms with van der Waals surface area (Å²) in [5, 5.41) is 9.16. The minimum Gasteiger partial charge on any atom is -0.497 e. The Morgan fingerprint density at radius 1 is 0.867 bits per heavy atom. The molecule has 3 aromatic carbocycles. The summed E-state index contributed by atoms with van der Waals surface area (Å²) >= 11 is 12.0. The first-order valence-electron chi connectivity index (χ1n) is 8.99. The molecule has 0 atom stereocenters. The Bertz CT molecular complexity index is 1040. The lowest BCUT2D eigenvalue weighted by Gasteiger charge is -2.10. The molecule has 0 bridgehead atoms. The zero-order valence-electron chi connectivity index (χ0n) is 16.0. The fourth-order valence-corrected chi connectivity index (χ4v) is 2.94. The molecule has 0 fully saturated rings. The van der Waals surface area contributed by atoms with Crippen molar-refractivity contribution in [3.05, 3.63) is 82.3 Å². The monoisotopic (exact) mass is 443 g/mol. The van der Waals surface area contributed by atoms with E-state index < -0.39 is 0 Å². The lowest BCUT2D eigenvalue weighted by Crippen LogP contribution is -2.22. The predicted octanol–water partition coefficient (Wildman–Crippen LogP) is 5.30. The Hall–Kier alpha value is -3.22. The number of carbonyl (C=O) groups is 2. The molecule has 0 aromatic heterocycles. The minimum atomic E-state index is -0.277. The van der Waals surface area contributed by atoms with Crippen molar-refractivity contribution < 1.29 is 14.3 Å². The van der Waals surface area contributed by atoms with Gasteiger partial charge in [-0.25, -0.2) is 0 Å². The summed E-state index contributed by atoms with van der Waals surface area (Å²) in [4.78, 5) is 24.5. The number of hydrogen-bond acceptors (Lipinski definition) is 4. The summed E-state index contributed by atoms with van der Waals surface area (Å²) < 4.78 is 5.10. The van der Waals surface area contributed by atoms with Gasteiger partial charge in [-0.2, -0.15) is 0 Å². The van der Waals surface area contributed by atoms with Crippen molar-refractivity contribution in [2.45, 2.75) is 0 Å². The van der Waals surface area contributed by atoms with E-state index in [1.807, 2.05) is 0 Å². The van der Waals surface area contributed by atoms with Crippen molar-refractivity contribution >= 4 is 52.1 Å². The lowest BCUT2D eigenvalue weighted by molar-refractivity contribution is -0.114. The molecule has 0 aliphatic heterocycles. The first-order chi connectivity index (χ1) is 14.5. The minimum absolute atomic E-state index is 0.0280. The van der Waals surface area contributed by atoms with Gasteiger partial charge >= 0.3 is 0 Å². The highest BCUT2D eigenvalue weighted by atomic mass is 35.5. The second kappa shape index (κ2) is 10.0. The van der Waals surface area contributed by atoms with Crippen LogP contribution in [0.25, 0.3) is 0 Å². The maximum absolute atomic E-state index is 12.4. The number of anilines is 3. The number of nitrogens with one attached hydrogen (secondary N) is 3. The van der Waals surface area contributed by atoms with Crippen LogP contribution < -0.4 is 20.7 Å². The highest BCUT2D eigenvalue weighted by Crippen LogP contribution is 2.29. The van der Waals surface area contributed by atoms with Crippen LogP contribution in [-0.4, -0.2) is 25.5 Å². The quantitative estimate of drug-likeness (QED) is 0.462. The molecule has 0 saturated heterocycles. The third-order valence-electron chi connectivity index (χ3n) is 4.17. The molecule has 0 unspecified atom stereocenters. The van der Waals surface area contributed by atoms with E-state index in [-0.39, 0.29) is 18.4 Å². The Kier molecular flexibility index (Phi) is 7.17. The summed E-state index contributed by atoms with van der Waals surface area (Å²) in [6, 6.07) is 18.9.